The number of nitriles is 1. The lowest BCUT2D eigenvalue weighted by atomic mass is 10.1. The average Bonchev–Trinajstić information content (AvgIpc) is 2.89. The third-order valence-electron chi connectivity index (χ3n) is 2.68. The van der Waals surface area contributed by atoms with E-state index in [0.717, 1.165) is 10.4 Å². The first-order valence-corrected chi connectivity index (χ1v) is 6.53. The molecule has 92 valence electrons. The molecule has 4 heteroatoms. The monoisotopic (exact) mass is 258 g/mol. The molecule has 3 nitrogen and oxygen atoms in total. The zero-order valence-electron chi connectivity index (χ0n) is 9.84. The van der Waals surface area contributed by atoms with Gasteiger partial charge in [0.05, 0.1) is 12.6 Å². The van der Waals surface area contributed by atoms with E-state index in [-0.39, 0.29) is 12.6 Å². The second-order valence-corrected chi connectivity index (χ2v) is 5.07. The lowest BCUT2D eigenvalue weighted by Gasteiger charge is -2.15. The number of nitrogens with zero attached hydrogens (tertiary/aromatic N) is 1. The van der Waals surface area contributed by atoms with Crippen LogP contribution in [0.2, 0.25) is 0 Å². The summed E-state index contributed by atoms with van der Waals surface area (Å²) in [5.41, 5.74) is 1.07. The van der Waals surface area contributed by atoms with Crippen molar-refractivity contribution in [2.75, 3.05) is 6.61 Å². The summed E-state index contributed by atoms with van der Waals surface area (Å²) in [5.74, 6) is 0. The van der Waals surface area contributed by atoms with Gasteiger partial charge in [0.25, 0.3) is 0 Å². The van der Waals surface area contributed by atoms with Crippen LogP contribution in [0.25, 0.3) is 0 Å². The van der Waals surface area contributed by atoms with Crippen LogP contribution >= 0.6 is 11.3 Å². The van der Waals surface area contributed by atoms with Gasteiger partial charge in [-0.3, -0.25) is 0 Å². The van der Waals surface area contributed by atoms with Crippen LogP contribution in [0.1, 0.15) is 21.4 Å². The standard InChI is InChI=1S/C14H14N2OS/c15-8-12-6-7-13(18-12)9-16-14(10-17)11-4-2-1-3-5-11/h1-7,14,16-17H,9-10H2. The number of thiophene rings is 1. The predicted octanol–water partition coefficient (Wildman–Crippen LogP) is 2.44. The quantitative estimate of drug-likeness (QED) is 0.866. The number of rotatable bonds is 5. The summed E-state index contributed by atoms with van der Waals surface area (Å²) in [7, 11) is 0. The Kier molecular flexibility index (Phi) is 4.48. The van der Waals surface area contributed by atoms with E-state index in [1.54, 1.807) is 0 Å². The molecule has 0 aliphatic carbocycles. The molecule has 2 aromatic rings. The van der Waals surface area contributed by atoms with Crippen molar-refractivity contribution in [3.05, 3.63) is 57.8 Å². The van der Waals surface area contributed by atoms with Gasteiger partial charge in [-0.25, -0.2) is 0 Å². The van der Waals surface area contributed by atoms with Gasteiger partial charge in [-0.15, -0.1) is 11.3 Å². The van der Waals surface area contributed by atoms with Crippen LogP contribution in [0, 0.1) is 11.3 Å². The van der Waals surface area contributed by atoms with Gasteiger partial charge in [0.15, 0.2) is 0 Å². The van der Waals surface area contributed by atoms with E-state index in [0.29, 0.717) is 11.4 Å². The van der Waals surface area contributed by atoms with Gasteiger partial charge in [0.1, 0.15) is 10.9 Å². The molecule has 0 aliphatic rings. The molecule has 0 saturated carbocycles. The van der Waals surface area contributed by atoms with Crippen molar-refractivity contribution in [3.63, 3.8) is 0 Å². The molecule has 0 fully saturated rings. The summed E-state index contributed by atoms with van der Waals surface area (Å²) >= 11 is 1.48. The van der Waals surface area contributed by atoms with Crippen LogP contribution in [0.15, 0.2) is 42.5 Å². The zero-order valence-corrected chi connectivity index (χ0v) is 10.7. The van der Waals surface area contributed by atoms with Crippen molar-refractivity contribution in [1.29, 1.82) is 5.26 Å². The van der Waals surface area contributed by atoms with Crippen molar-refractivity contribution in [2.45, 2.75) is 12.6 Å². The van der Waals surface area contributed by atoms with E-state index >= 15 is 0 Å². The zero-order chi connectivity index (χ0) is 12.8. The van der Waals surface area contributed by atoms with E-state index in [9.17, 15) is 5.11 Å². The van der Waals surface area contributed by atoms with E-state index in [1.807, 2.05) is 42.5 Å². The summed E-state index contributed by atoms with van der Waals surface area (Å²) in [6.45, 7) is 0.715. The van der Waals surface area contributed by atoms with Crippen molar-refractivity contribution < 1.29 is 5.11 Å². The Morgan fingerprint density at radius 3 is 2.61 bits per heavy atom. The van der Waals surface area contributed by atoms with Crippen LogP contribution in [0.4, 0.5) is 0 Å². The highest BCUT2D eigenvalue weighted by atomic mass is 32.1. The lowest BCUT2D eigenvalue weighted by molar-refractivity contribution is 0.244. The normalized spacial score (nSPS) is 12.0. The number of aliphatic hydroxyl groups excluding tert-OH is 1. The Bertz CT molecular complexity index is 530. The molecule has 1 atom stereocenters. The molecule has 1 heterocycles. The summed E-state index contributed by atoms with van der Waals surface area (Å²) in [5, 5.41) is 21.4. The third-order valence-corrected chi connectivity index (χ3v) is 3.67. The van der Waals surface area contributed by atoms with Gasteiger partial charge < -0.3 is 10.4 Å². The van der Waals surface area contributed by atoms with Gasteiger partial charge in [0.2, 0.25) is 0 Å². The van der Waals surface area contributed by atoms with Crippen molar-refractivity contribution in [2.24, 2.45) is 0 Å². The molecule has 2 N–H and O–H groups in total. The van der Waals surface area contributed by atoms with Crippen LogP contribution in [0.3, 0.4) is 0 Å². The number of hydrogen-bond donors (Lipinski definition) is 2. The first-order chi connectivity index (χ1) is 8.83. The molecule has 0 bridgehead atoms. The summed E-state index contributed by atoms with van der Waals surface area (Å²) in [6.07, 6.45) is 0. The molecule has 0 amide bonds. The molecule has 0 radical (unpaired) electrons. The van der Waals surface area contributed by atoms with E-state index in [4.69, 9.17) is 5.26 Å². The minimum Gasteiger partial charge on any atom is -0.394 e. The molecule has 1 aromatic heterocycles. The highest BCUT2D eigenvalue weighted by Gasteiger charge is 2.09. The maximum Gasteiger partial charge on any atom is 0.110 e. The Hall–Kier alpha value is -1.67. The Morgan fingerprint density at radius 2 is 2.00 bits per heavy atom. The fourth-order valence-electron chi connectivity index (χ4n) is 1.73. The van der Waals surface area contributed by atoms with E-state index in [1.165, 1.54) is 11.3 Å². The lowest BCUT2D eigenvalue weighted by Crippen LogP contribution is -2.23. The van der Waals surface area contributed by atoms with Gasteiger partial charge in [0, 0.05) is 11.4 Å². The van der Waals surface area contributed by atoms with Crippen LogP contribution in [0.5, 0.6) is 0 Å². The molecule has 1 aromatic carbocycles. The molecule has 1 unspecified atom stereocenters. The van der Waals surface area contributed by atoms with Crippen LogP contribution in [-0.2, 0) is 6.54 Å². The summed E-state index contributed by atoms with van der Waals surface area (Å²) < 4.78 is 0. The Balaban J connectivity index is 1.98. The second kappa shape index (κ2) is 6.31. The summed E-state index contributed by atoms with van der Waals surface area (Å²) in [6, 6.07) is 15.7. The fraction of sp³-hybridized carbons (Fsp3) is 0.214. The van der Waals surface area contributed by atoms with Gasteiger partial charge in [-0.2, -0.15) is 5.26 Å². The van der Waals surface area contributed by atoms with Crippen LogP contribution in [-0.4, -0.2) is 11.7 Å². The van der Waals surface area contributed by atoms with Crippen LogP contribution < -0.4 is 5.32 Å². The average molecular weight is 258 g/mol. The Labute approximate surface area is 110 Å². The predicted molar refractivity (Wildman–Crippen MR) is 72.1 cm³/mol. The number of nitrogens with one attached hydrogen (secondary N) is 1. The number of aliphatic hydroxyl groups is 1. The first kappa shape index (κ1) is 12.8. The first-order valence-electron chi connectivity index (χ1n) is 5.71. The fourth-order valence-corrected chi connectivity index (χ4v) is 2.49. The van der Waals surface area contributed by atoms with Gasteiger partial charge >= 0.3 is 0 Å². The minimum absolute atomic E-state index is 0.0560. The number of hydrogen-bond acceptors (Lipinski definition) is 4. The molecular formula is C14H14N2OS. The Morgan fingerprint density at radius 1 is 1.22 bits per heavy atom. The minimum atomic E-state index is -0.0705. The van der Waals surface area contributed by atoms with Crippen molar-refractivity contribution in [3.8, 4) is 6.07 Å². The molecule has 0 spiro atoms. The van der Waals surface area contributed by atoms with Crippen molar-refractivity contribution >= 4 is 11.3 Å². The molecule has 0 aliphatic heterocycles. The van der Waals surface area contributed by atoms with Gasteiger partial charge in [-0.1, -0.05) is 30.3 Å². The smallest absolute Gasteiger partial charge is 0.110 e. The topological polar surface area (TPSA) is 56.0 Å². The molecule has 18 heavy (non-hydrogen) atoms. The van der Waals surface area contributed by atoms with Gasteiger partial charge in [-0.05, 0) is 17.7 Å². The van der Waals surface area contributed by atoms with E-state index in [2.05, 4.69) is 11.4 Å². The third kappa shape index (κ3) is 3.17. The summed E-state index contributed by atoms with van der Waals surface area (Å²) in [4.78, 5) is 1.81. The molecular weight excluding hydrogens is 244 g/mol. The number of benzene rings is 1. The second-order valence-electron chi connectivity index (χ2n) is 3.90. The highest BCUT2D eigenvalue weighted by molar-refractivity contribution is 7.12. The molecule has 2 rings (SSSR count). The maximum atomic E-state index is 9.40. The maximum absolute atomic E-state index is 9.40. The molecule has 0 saturated heterocycles. The van der Waals surface area contributed by atoms with E-state index < -0.39 is 0 Å². The SMILES string of the molecule is N#Cc1ccc(CNC(CO)c2ccccc2)s1. The van der Waals surface area contributed by atoms with Crippen molar-refractivity contribution in [1.82, 2.24) is 5.32 Å². The largest absolute Gasteiger partial charge is 0.394 e. The highest BCUT2D eigenvalue weighted by Crippen LogP contribution is 2.17.